The third kappa shape index (κ3) is 4.32. The molecule has 0 radical (unpaired) electrons. The van der Waals surface area contributed by atoms with Crippen molar-refractivity contribution in [2.24, 2.45) is 5.10 Å². The van der Waals surface area contributed by atoms with Crippen molar-refractivity contribution in [2.45, 2.75) is 13.8 Å². The molecule has 0 bridgehead atoms. The number of hydrazone groups is 1. The van der Waals surface area contributed by atoms with E-state index in [0.29, 0.717) is 28.9 Å². The molecule has 2 aromatic rings. The maximum atomic E-state index is 6.10. The molecule has 0 aliphatic carbocycles. The van der Waals surface area contributed by atoms with Crippen LogP contribution in [0.25, 0.3) is 0 Å². The average molecular weight is 349 g/mol. The molecule has 1 N–H and O–H groups in total. The van der Waals surface area contributed by atoms with E-state index in [4.69, 9.17) is 25.8 Å². The second-order valence-electron chi connectivity index (χ2n) is 5.02. The minimum atomic E-state index is 0.524. The highest BCUT2D eigenvalue weighted by Crippen LogP contribution is 2.38. The van der Waals surface area contributed by atoms with E-state index in [1.165, 1.54) is 0 Å². The van der Waals surface area contributed by atoms with Gasteiger partial charge in [0.2, 0.25) is 5.75 Å². The zero-order valence-electron chi connectivity index (χ0n) is 14.2. The highest BCUT2D eigenvalue weighted by Gasteiger charge is 2.13. The first-order chi connectivity index (χ1) is 11.6. The van der Waals surface area contributed by atoms with Crippen molar-refractivity contribution in [1.29, 1.82) is 0 Å². The van der Waals surface area contributed by atoms with Crippen LogP contribution in [0.3, 0.4) is 0 Å². The molecule has 24 heavy (non-hydrogen) atoms. The van der Waals surface area contributed by atoms with Crippen molar-refractivity contribution in [3.8, 4) is 17.2 Å². The molecule has 0 aliphatic heterocycles. The monoisotopic (exact) mass is 348 g/mol. The lowest BCUT2D eigenvalue weighted by Crippen LogP contribution is -2.00. The van der Waals surface area contributed by atoms with Gasteiger partial charge in [-0.1, -0.05) is 17.7 Å². The summed E-state index contributed by atoms with van der Waals surface area (Å²) in [6.07, 6.45) is 1.68. The molecule has 2 rings (SSSR count). The number of aryl methyl sites for hydroxylation is 1. The molecular formula is C18H21ClN2O3. The quantitative estimate of drug-likeness (QED) is 0.590. The van der Waals surface area contributed by atoms with Gasteiger partial charge in [0.15, 0.2) is 11.5 Å². The normalized spacial score (nSPS) is 10.7. The molecule has 2 aromatic carbocycles. The Kier molecular flexibility index (Phi) is 6.32. The Balaban J connectivity index is 2.20. The Morgan fingerprint density at radius 3 is 2.33 bits per heavy atom. The Labute approximate surface area is 147 Å². The average Bonchev–Trinajstić information content (AvgIpc) is 2.59. The van der Waals surface area contributed by atoms with Gasteiger partial charge in [0.1, 0.15) is 0 Å². The zero-order valence-corrected chi connectivity index (χ0v) is 15.0. The number of ether oxygens (including phenoxy) is 3. The van der Waals surface area contributed by atoms with Gasteiger partial charge in [0, 0.05) is 10.6 Å². The number of halogens is 1. The smallest absolute Gasteiger partial charge is 0.203 e. The largest absolute Gasteiger partial charge is 0.493 e. The van der Waals surface area contributed by atoms with Crippen molar-refractivity contribution in [3.63, 3.8) is 0 Å². The molecule has 128 valence electrons. The number of anilines is 1. The van der Waals surface area contributed by atoms with Crippen molar-refractivity contribution in [2.75, 3.05) is 26.3 Å². The van der Waals surface area contributed by atoms with Gasteiger partial charge < -0.3 is 14.2 Å². The topological polar surface area (TPSA) is 52.1 Å². The summed E-state index contributed by atoms with van der Waals surface area (Å²) in [4.78, 5) is 0. The molecule has 0 spiro atoms. The van der Waals surface area contributed by atoms with Crippen molar-refractivity contribution < 1.29 is 14.2 Å². The highest BCUT2D eigenvalue weighted by atomic mass is 35.5. The molecule has 0 unspecified atom stereocenters. The molecule has 0 saturated heterocycles. The van der Waals surface area contributed by atoms with Crippen LogP contribution in [0.4, 0.5) is 5.69 Å². The molecule has 0 aliphatic rings. The first-order valence-electron chi connectivity index (χ1n) is 7.53. The molecular weight excluding hydrogens is 328 g/mol. The minimum Gasteiger partial charge on any atom is -0.493 e. The lowest BCUT2D eigenvalue weighted by atomic mass is 10.2. The third-order valence-electron chi connectivity index (χ3n) is 3.35. The van der Waals surface area contributed by atoms with Gasteiger partial charge in [-0.05, 0) is 43.7 Å². The van der Waals surface area contributed by atoms with Crippen molar-refractivity contribution >= 4 is 23.5 Å². The summed E-state index contributed by atoms with van der Waals surface area (Å²) < 4.78 is 16.3. The fourth-order valence-corrected chi connectivity index (χ4v) is 2.29. The predicted octanol–water partition coefficient (Wildman–Crippen LogP) is 4.51. The Bertz CT molecular complexity index is 707. The van der Waals surface area contributed by atoms with Crippen LogP contribution in [0.2, 0.25) is 5.02 Å². The van der Waals surface area contributed by atoms with Gasteiger partial charge in [-0.25, -0.2) is 0 Å². The van der Waals surface area contributed by atoms with Crippen LogP contribution in [-0.4, -0.2) is 27.0 Å². The minimum absolute atomic E-state index is 0.524. The molecule has 0 saturated carbocycles. The first-order valence-corrected chi connectivity index (χ1v) is 7.90. The van der Waals surface area contributed by atoms with Crippen LogP contribution >= 0.6 is 11.6 Å². The number of methoxy groups -OCH3 is 2. The third-order valence-corrected chi connectivity index (χ3v) is 3.76. The van der Waals surface area contributed by atoms with Crippen molar-refractivity contribution in [1.82, 2.24) is 0 Å². The first kappa shape index (κ1) is 17.9. The predicted molar refractivity (Wildman–Crippen MR) is 98.1 cm³/mol. The summed E-state index contributed by atoms with van der Waals surface area (Å²) in [5.41, 5.74) is 5.60. The Hall–Kier alpha value is -2.40. The van der Waals surface area contributed by atoms with Gasteiger partial charge in [0.05, 0.1) is 32.7 Å². The van der Waals surface area contributed by atoms with E-state index in [9.17, 15) is 0 Å². The molecule has 0 aromatic heterocycles. The summed E-state index contributed by atoms with van der Waals surface area (Å²) in [7, 11) is 3.18. The standard InChI is InChI=1S/C18H21ClN2O3/c1-5-24-18-16(22-3)8-13(9-17(18)23-4)11-20-21-14-7-6-12(2)15(19)10-14/h6-11,21H,5H2,1-4H3/b20-11+. The van der Waals surface area contributed by atoms with Gasteiger partial charge in [-0.15, -0.1) is 0 Å². The van der Waals surface area contributed by atoms with E-state index >= 15 is 0 Å². The fourth-order valence-electron chi connectivity index (χ4n) is 2.11. The van der Waals surface area contributed by atoms with Gasteiger partial charge in [-0.2, -0.15) is 5.10 Å². The summed E-state index contributed by atoms with van der Waals surface area (Å²) in [5, 5.41) is 4.92. The molecule has 0 amide bonds. The molecule has 0 heterocycles. The van der Waals surface area contributed by atoms with Gasteiger partial charge in [0.25, 0.3) is 0 Å². The van der Waals surface area contributed by atoms with Crippen LogP contribution in [0.15, 0.2) is 35.4 Å². The maximum Gasteiger partial charge on any atom is 0.203 e. The summed E-state index contributed by atoms with van der Waals surface area (Å²) >= 11 is 6.10. The zero-order chi connectivity index (χ0) is 17.5. The second-order valence-corrected chi connectivity index (χ2v) is 5.43. The van der Waals surface area contributed by atoms with Crippen LogP contribution in [0.1, 0.15) is 18.1 Å². The van der Waals surface area contributed by atoms with E-state index in [1.807, 2.05) is 44.2 Å². The number of rotatable bonds is 7. The Morgan fingerprint density at radius 2 is 1.79 bits per heavy atom. The van der Waals surface area contributed by atoms with E-state index in [1.54, 1.807) is 20.4 Å². The van der Waals surface area contributed by atoms with Crippen LogP contribution in [0, 0.1) is 6.92 Å². The SMILES string of the molecule is CCOc1c(OC)cc(/C=N/Nc2ccc(C)c(Cl)c2)cc1OC. The van der Waals surface area contributed by atoms with E-state index in [-0.39, 0.29) is 0 Å². The van der Waals surface area contributed by atoms with Crippen LogP contribution < -0.4 is 19.6 Å². The number of hydrogen-bond donors (Lipinski definition) is 1. The molecule has 5 nitrogen and oxygen atoms in total. The van der Waals surface area contributed by atoms with Crippen LogP contribution in [0.5, 0.6) is 17.2 Å². The Morgan fingerprint density at radius 1 is 1.12 bits per heavy atom. The number of benzene rings is 2. The van der Waals surface area contributed by atoms with E-state index < -0.39 is 0 Å². The fraction of sp³-hybridized carbons (Fsp3) is 0.278. The summed E-state index contributed by atoms with van der Waals surface area (Å²) in [6, 6.07) is 9.34. The highest BCUT2D eigenvalue weighted by molar-refractivity contribution is 6.31. The van der Waals surface area contributed by atoms with Gasteiger partial charge >= 0.3 is 0 Å². The van der Waals surface area contributed by atoms with Crippen LogP contribution in [-0.2, 0) is 0 Å². The molecule has 0 fully saturated rings. The molecule has 0 atom stereocenters. The second kappa shape index (κ2) is 8.45. The lowest BCUT2D eigenvalue weighted by Gasteiger charge is -2.14. The number of nitrogens with zero attached hydrogens (tertiary/aromatic N) is 1. The lowest BCUT2D eigenvalue weighted by molar-refractivity contribution is 0.288. The van der Waals surface area contributed by atoms with Gasteiger partial charge in [-0.3, -0.25) is 5.43 Å². The van der Waals surface area contributed by atoms with E-state index in [2.05, 4.69) is 10.5 Å². The summed E-state index contributed by atoms with van der Waals surface area (Å²) in [6.45, 7) is 4.38. The molecule has 6 heteroatoms. The number of nitrogens with one attached hydrogen (secondary N) is 1. The maximum absolute atomic E-state index is 6.10. The summed E-state index contributed by atoms with van der Waals surface area (Å²) in [5.74, 6) is 1.77. The van der Waals surface area contributed by atoms with Crippen molar-refractivity contribution in [3.05, 3.63) is 46.5 Å². The van der Waals surface area contributed by atoms with E-state index in [0.717, 1.165) is 16.8 Å². The number of hydrogen-bond acceptors (Lipinski definition) is 5.